The third kappa shape index (κ3) is 4.44. The smallest absolute Gasteiger partial charge is 0.232 e. The molecule has 6 aromatic carbocycles. The minimum atomic E-state index is 0.620. The molecule has 0 amide bonds. The number of benzene rings is 6. The Morgan fingerprint density at radius 2 is 1.02 bits per heavy atom. The fourth-order valence-corrected chi connectivity index (χ4v) is 6.68. The van der Waals surface area contributed by atoms with Gasteiger partial charge in [-0.1, -0.05) is 115 Å². The van der Waals surface area contributed by atoms with Gasteiger partial charge in [0.15, 0.2) is 17.5 Å². The quantitative estimate of drug-likeness (QED) is 0.189. The zero-order valence-electron chi connectivity index (χ0n) is 26.1. The van der Waals surface area contributed by atoms with Crippen molar-refractivity contribution in [3.8, 4) is 51.0 Å². The van der Waals surface area contributed by atoms with Gasteiger partial charge in [0.05, 0.1) is 16.7 Å². The Balaban J connectivity index is 1.13. The molecule has 0 aliphatic carbocycles. The van der Waals surface area contributed by atoms with Gasteiger partial charge in [-0.25, -0.2) is 24.5 Å². The van der Waals surface area contributed by atoms with Gasteiger partial charge in [0.1, 0.15) is 11.1 Å². The first kappa shape index (κ1) is 27.3. The molecule has 4 heterocycles. The molecule has 0 atom stereocenters. The zero-order valence-corrected chi connectivity index (χ0v) is 26.1. The highest BCUT2D eigenvalue weighted by atomic mass is 16.3. The van der Waals surface area contributed by atoms with Crippen molar-refractivity contribution in [3.05, 3.63) is 158 Å². The van der Waals surface area contributed by atoms with Gasteiger partial charge in [0, 0.05) is 22.1 Å². The number of rotatable bonds is 5. The molecule has 0 unspecified atom stereocenters. The lowest BCUT2D eigenvalue weighted by Gasteiger charge is -2.09. The van der Waals surface area contributed by atoms with Crippen LogP contribution in [0.15, 0.2) is 162 Å². The van der Waals surface area contributed by atoms with E-state index in [0.29, 0.717) is 17.5 Å². The van der Waals surface area contributed by atoms with Crippen molar-refractivity contribution in [2.45, 2.75) is 0 Å². The summed E-state index contributed by atoms with van der Waals surface area (Å²) >= 11 is 0. The second kappa shape index (κ2) is 10.9. The van der Waals surface area contributed by atoms with E-state index >= 15 is 0 Å². The first-order valence-corrected chi connectivity index (χ1v) is 16.2. The highest BCUT2D eigenvalue weighted by molar-refractivity contribution is 6.06. The van der Waals surface area contributed by atoms with Crippen LogP contribution < -0.4 is 0 Å². The molecule has 0 aliphatic heterocycles. The SMILES string of the molecule is c1ccc(-c2nc(-c3ccccc3)nc(-c3cccc(-c4ccc5c(c4)nc4n(-c6ccccc6)c6oc7ccccc7c6n54)c3)n2)cc1. The van der Waals surface area contributed by atoms with Gasteiger partial charge < -0.3 is 4.42 Å². The summed E-state index contributed by atoms with van der Waals surface area (Å²) < 4.78 is 10.8. The van der Waals surface area contributed by atoms with Crippen LogP contribution in [0.4, 0.5) is 0 Å². The van der Waals surface area contributed by atoms with E-state index in [9.17, 15) is 0 Å². The average Bonchev–Trinajstić information content (AvgIpc) is 3.82. The number of aromatic nitrogens is 6. The van der Waals surface area contributed by atoms with Crippen LogP contribution in [0.3, 0.4) is 0 Å². The first-order chi connectivity index (χ1) is 24.3. The van der Waals surface area contributed by atoms with E-state index in [2.05, 4.69) is 69.6 Å². The van der Waals surface area contributed by atoms with Crippen molar-refractivity contribution in [1.29, 1.82) is 0 Å². The molecule has 0 N–H and O–H groups in total. The molecule has 10 rings (SSSR count). The number of imidazole rings is 2. The van der Waals surface area contributed by atoms with Crippen LogP contribution in [0.5, 0.6) is 0 Å². The molecule has 0 fully saturated rings. The van der Waals surface area contributed by atoms with Crippen molar-refractivity contribution in [3.63, 3.8) is 0 Å². The lowest BCUT2D eigenvalue weighted by Crippen LogP contribution is -2.00. The largest absolute Gasteiger partial charge is 0.437 e. The van der Waals surface area contributed by atoms with Gasteiger partial charge in [-0.2, -0.15) is 0 Å². The highest BCUT2D eigenvalue weighted by Crippen LogP contribution is 2.37. The minimum Gasteiger partial charge on any atom is -0.437 e. The standard InChI is InChI=1S/C42H26N6O/c1-4-13-27(14-5-1)38-44-39(28-15-6-2-7-16-28)46-40(45-38)31-18-12-17-29(25-31)30-23-24-35-34(26-30)43-42-47(32-19-8-3-9-20-32)41-37(48(35)42)33-21-10-11-22-36(33)49-41/h1-26H. The summed E-state index contributed by atoms with van der Waals surface area (Å²) in [6.07, 6.45) is 0. The van der Waals surface area contributed by atoms with Crippen molar-refractivity contribution in [2.24, 2.45) is 0 Å². The van der Waals surface area contributed by atoms with Gasteiger partial charge in [0.2, 0.25) is 11.5 Å². The van der Waals surface area contributed by atoms with Crippen LogP contribution in [-0.4, -0.2) is 28.9 Å². The monoisotopic (exact) mass is 630 g/mol. The Kier molecular flexibility index (Phi) is 6.04. The summed E-state index contributed by atoms with van der Waals surface area (Å²) in [6.45, 7) is 0. The molecule has 4 aromatic heterocycles. The molecule has 49 heavy (non-hydrogen) atoms. The fraction of sp³-hybridized carbons (Fsp3) is 0. The lowest BCUT2D eigenvalue weighted by atomic mass is 10.0. The molecule has 230 valence electrons. The Bertz CT molecular complexity index is 2760. The fourth-order valence-electron chi connectivity index (χ4n) is 6.68. The number of nitrogens with zero attached hydrogens (tertiary/aromatic N) is 6. The second-order valence-electron chi connectivity index (χ2n) is 12.0. The predicted molar refractivity (Wildman–Crippen MR) is 194 cm³/mol. The molecule has 0 saturated carbocycles. The normalized spacial score (nSPS) is 11.7. The molecule has 0 radical (unpaired) electrons. The molecule has 0 spiro atoms. The Morgan fingerprint density at radius 1 is 0.449 bits per heavy atom. The van der Waals surface area contributed by atoms with Crippen molar-refractivity contribution in [2.75, 3.05) is 0 Å². The van der Waals surface area contributed by atoms with Crippen LogP contribution in [0.25, 0.3) is 90.0 Å². The zero-order chi connectivity index (χ0) is 32.3. The number of furan rings is 1. The molecule has 7 nitrogen and oxygen atoms in total. The van der Waals surface area contributed by atoms with E-state index in [1.165, 1.54) is 0 Å². The first-order valence-electron chi connectivity index (χ1n) is 16.2. The second-order valence-corrected chi connectivity index (χ2v) is 12.0. The van der Waals surface area contributed by atoms with Crippen molar-refractivity contribution in [1.82, 2.24) is 28.9 Å². The summed E-state index contributed by atoms with van der Waals surface area (Å²) in [4.78, 5) is 19.9. The number of fused-ring (bicyclic) bond motifs is 7. The van der Waals surface area contributed by atoms with E-state index in [4.69, 9.17) is 24.4 Å². The van der Waals surface area contributed by atoms with Gasteiger partial charge in [-0.05, 0) is 53.6 Å². The maximum absolute atomic E-state index is 6.44. The highest BCUT2D eigenvalue weighted by Gasteiger charge is 2.23. The van der Waals surface area contributed by atoms with Crippen LogP contribution in [0.2, 0.25) is 0 Å². The number of para-hydroxylation sites is 2. The van der Waals surface area contributed by atoms with Gasteiger partial charge in [-0.3, -0.25) is 4.40 Å². The molecule has 7 heteroatoms. The topological polar surface area (TPSA) is 74.0 Å². The molecule has 0 saturated heterocycles. The number of hydrogen-bond acceptors (Lipinski definition) is 5. The summed E-state index contributed by atoms with van der Waals surface area (Å²) in [7, 11) is 0. The molecule has 0 aliphatic rings. The lowest BCUT2D eigenvalue weighted by molar-refractivity contribution is 0.645. The van der Waals surface area contributed by atoms with Crippen LogP contribution >= 0.6 is 0 Å². The van der Waals surface area contributed by atoms with Gasteiger partial charge >= 0.3 is 0 Å². The summed E-state index contributed by atoms with van der Waals surface area (Å²) in [5, 5.41) is 1.05. The van der Waals surface area contributed by atoms with E-state index in [-0.39, 0.29) is 0 Å². The molecule has 10 aromatic rings. The van der Waals surface area contributed by atoms with Crippen LogP contribution in [0.1, 0.15) is 0 Å². The van der Waals surface area contributed by atoms with Crippen LogP contribution in [0, 0.1) is 0 Å². The minimum absolute atomic E-state index is 0.620. The third-order valence-corrected chi connectivity index (χ3v) is 8.98. The van der Waals surface area contributed by atoms with Crippen LogP contribution in [-0.2, 0) is 0 Å². The molecular weight excluding hydrogens is 605 g/mol. The van der Waals surface area contributed by atoms with E-state index < -0.39 is 0 Å². The molecule has 0 bridgehead atoms. The Morgan fingerprint density at radius 3 is 1.73 bits per heavy atom. The summed E-state index contributed by atoms with van der Waals surface area (Å²) in [5.41, 5.74) is 10.4. The number of hydrogen-bond donors (Lipinski definition) is 0. The van der Waals surface area contributed by atoms with E-state index in [1.54, 1.807) is 0 Å². The summed E-state index contributed by atoms with van der Waals surface area (Å²) in [6, 6.07) is 53.3. The predicted octanol–water partition coefficient (Wildman–Crippen LogP) is 10.0. The maximum atomic E-state index is 6.44. The van der Waals surface area contributed by atoms with Crippen molar-refractivity contribution < 1.29 is 4.42 Å². The van der Waals surface area contributed by atoms with E-state index in [0.717, 1.165) is 72.5 Å². The average molecular weight is 631 g/mol. The summed E-state index contributed by atoms with van der Waals surface area (Å²) in [5.74, 6) is 2.70. The Labute approximate surface area is 280 Å². The molecular formula is C42H26N6O. The maximum Gasteiger partial charge on any atom is 0.232 e. The van der Waals surface area contributed by atoms with Crippen molar-refractivity contribution >= 4 is 39.0 Å². The van der Waals surface area contributed by atoms with Gasteiger partial charge in [-0.15, -0.1) is 0 Å². The Hall–Kier alpha value is -6.86. The third-order valence-electron chi connectivity index (χ3n) is 8.98. The van der Waals surface area contributed by atoms with E-state index in [1.807, 2.05) is 97.1 Å². The van der Waals surface area contributed by atoms with Gasteiger partial charge in [0.25, 0.3) is 0 Å².